The summed E-state index contributed by atoms with van der Waals surface area (Å²) in [5, 5.41) is 19.7. The molecule has 0 aromatic heterocycles. The van der Waals surface area contributed by atoms with Crippen molar-refractivity contribution in [3.63, 3.8) is 0 Å². The lowest BCUT2D eigenvalue weighted by Crippen LogP contribution is -2.50. The van der Waals surface area contributed by atoms with Gasteiger partial charge in [0.25, 0.3) is 0 Å². The molecule has 6 nitrogen and oxygen atoms in total. The second-order valence-electron chi connectivity index (χ2n) is 12.9. The predicted octanol–water partition coefficient (Wildman–Crippen LogP) is 7.77. The van der Waals surface area contributed by atoms with Gasteiger partial charge in [-0.2, -0.15) is 8.42 Å². The maximum absolute atomic E-state index is 11.9. The van der Waals surface area contributed by atoms with Crippen LogP contribution in [0.1, 0.15) is 98.0 Å². The Kier molecular flexibility index (Phi) is 9.81. The standard InChI is InChI=1S/C31H48O6S/c1-21(11-13-24-19-25(32)14-15-27(24)33)9-7-10-23(3)28(37-38(34,35)36)20-26-22(2)12-16-29-30(4,5)17-8-18-31(26,29)6/h11,14-15,19,23,26,28-29,32-33H,2,7-10,12-13,16-18,20H2,1,3-6H3,(H,34,35,36)/b21-11+/t23?,26-,28?,29?,31+/m0/s1. The number of fused-ring (bicyclic) bond motifs is 1. The first-order valence-electron chi connectivity index (χ1n) is 14.1. The van der Waals surface area contributed by atoms with E-state index in [9.17, 15) is 23.2 Å². The minimum Gasteiger partial charge on any atom is -0.508 e. The maximum Gasteiger partial charge on any atom is 0.397 e. The molecule has 2 saturated carbocycles. The molecule has 1 aromatic carbocycles. The Labute approximate surface area is 230 Å². The summed E-state index contributed by atoms with van der Waals surface area (Å²) in [6.07, 6.45) is 10.5. The molecule has 0 saturated heterocycles. The number of allylic oxidation sites excluding steroid dienone is 3. The highest BCUT2D eigenvalue weighted by Crippen LogP contribution is 2.62. The summed E-state index contributed by atoms with van der Waals surface area (Å²) in [6, 6.07) is 4.51. The SMILES string of the molecule is C=C1CCC2C(C)(C)CCC[C@]2(C)[C@H]1CC(OS(=O)(=O)O)C(C)CCC/C(C)=C/Cc1cc(O)ccc1O. The van der Waals surface area contributed by atoms with E-state index in [1.807, 2.05) is 19.9 Å². The number of benzene rings is 1. The molecule has 7 heteroatoms. The molecule has 2 aliphatic rings. The molecule has 3 unspecified atom stereocenters. The van der Waals surface area contributed by atoms with Gasteiger partial charge in [0.1, 0.15) is 11.5 Å². The molecule has 0 spiro atoms. The second kappa shape index (κ2) is 12.1. The number of hydrogen-bond acceptors (Lipinski definition) is 5. The molecule has 3 rings (SSSR count). The van der Waals surface area contributed by atoms with Crippen molar-refractivity contribution >= 4 is 10.4 Å². The van der Waals surface area contributed by atoms with E-state index in [0.717, 1.165) is 50.5 Å². The highest BCUT2D eigenvalue weighted by molar-refractivity contribution is 7.80. The Morgan fingerprint density at radius 3 is 2.63 bits per heavy atom. The number of phenols is 2. The molecule has 0 aliphatic heterocycles. The smallest absolute Gasteiger partial charge is 0.397 e. The average Bonchev–Trinajstić information content (AvgIpc) is 2.79. The van der Waals surface area contributed by atoms with E-state index in [2.05, 4.69) is 27.4 Å². The summed E-state index contributed by atoms with van der Waals surface area (Å²) in [5.74, 6) is 0.937. The summed E-state index contributed by atoms with van der Waals surface area (Å²) in [5.41, 5.74) is 3.31. The maximum atomic E-state index is 11.9. The zero-order valence-corrected chi connectivity index (χ0v) is 24.7. The lowest BCUT2D eigenvalue weighted by atomic mass is 9.47. The van der Waals surface area contributed by atoms with Crippen LogP contribution in [0.3, 0.4) is 0 Å². The van der Waals surface area contributed by atoms with E-state index < -0.39 is 16.5 Å². The van der Waals surface area contributed by atoms with Crippen LogP contribution in [-0.2, 0) is 21.0 Å². The molecule has 0 bridgehead atoms. The van der Waals surface area contributed by atoms with Gasteiger partial charge in [0.15, 0.2) is 0 Å². The zero-order chi connectivity index (χ0) is 28.3. The minimum absolute atomic E-state index is 0.0500. The Morgan fingerprint density at radius 1 is 1.24 bits per heavy atom. The van der Waals surface area contributed by atoms with Gasteiger partial charge in [-0.25, -0.2) is 4.18 Å². The van der Waals surface area contributed by atoms with Crippen LogP contribution in [0.4, 0.5) is 0 Å². The Bertz CT molecular complexity index is 1120. The van der Waals surface area contributed by atoms with Crippen molar-refractivity contribution in [1.29, 1.82) is 0 Å². The molecule has 1 aromatic rings. The number of rotatable bonds is 11. The lowest BCUT2D eigenvalue weighted by molar-refractivity contribution is -0.0654. The number of aromatic hydroxyl groups is 2. The first-order valence-corrected chi connectivity index (χ1v) is 15.5. The molecule has 0 amide bonds. The van der Waals surface area contributed by atoms with Crippen molar-refractivity contribution in [2.45, 2.75) is 105 Å². The highest BCUT2D eigenvalue weighted by Gasteiger charge is 2.53. The Hall–Kier alpha value is -1.83. The summed E-state index contributed by atoms with van der Waals surface area (Å²) < 4.78 is 38.7. The Balaban J connectivity index is 1.67. The van der Waals surface area contributed by atoms with Gasteiger partial charge in [0.05, 0.1) is 6.10 Å². The lowest BCUT2D eigenvalue weighted by Gasteiger charge is -2.58. The van der Waals surface area contributed by atoms with E-state index in [0.29, 0.717) is 24.3 Å². The highest BCUT2D eigenvalue weighted by atomic mass is 32.3. The van der Waals surface area contributed by atoms with Gasteiger partial charge in [-0.1, -0.05) is 57.9 Å². The van der Waals surface area contributed by atoms with Gasteiger partial charge in [-0.05, 0) is 111 Å². The predicted molar refractivity (Wildman–Crippen MR) is 152 cm³/mol. The van der Waals surface area contributed by atoms with Gasteiger partial charge in [-0.15, -0.1) is 0 Å². The van der Waals surface area contributed by atoms with Crippen molar-refractivity contribution in [1.82, 2.24) is 0 Å². The van der Waals surface area contributed by atoms with Crippen molar-refractivity contribution < 1.29 is 27.4 Å². The van der Waals surface area contributed by atoms with Gasteiger partial charge in [0.2, 0.25) is 0 Å². The fraction of sp³-hybridized carbons (Fsp3) is 0.677. The number of hydrogen-bond donors (Lipinski definition) is 3. The van der Waals surface area contributed by atoms with E-state index in [1.54, 1.807) is 6.07 Å². The third-order valence-electron chi connectivity index (χ3n) is 9.63. The van der Waals surface area contributed by atoms with E-state index in [1.165, 1.54) is 24.1 Å². The third kappa shape index (κ3) is 7.64. The van der Waals surface area contributed by atoms with E-state index in [-0.39, 0.29) is 34.2 Å². The molecule has 214 valence electrons. The molecule has 2 aliphatic carbocycles. The summed E-state index contributed by atoms with van der Waals surface area (Å²) >= 11 is 0. The van der Waals surface area contributed by atoms with Gasteiger partial charge >= 0.3 is 10.4 Å². The van der Waals surface area contributed by atoms with Crippen LogP contribution in [-0.4, -0.2) is 29.3 Å². The Morgan fingerprint density at radius 2 is 1.95 bits per heavy atom. The number of phenolic OH excluding ortho intramolecular Hbond substituents is 2. The summed E-state index contributed by atoms with van der Waals surface area (Å²) in [7, 11) is -4.58. The van der Waals surface area contributed by atoms with Crippen LogP contribution in [0.2, 0.25) is 0 Å². The summed E-state index contributed by atoms with van der Waals surface area (Å²) in [6.45, 7) is 15.6. The van der Waals surface area contributed by atoms with E-state index >= 15 is 0 Å². The van der Waals surface area contributed by atoms with Crippen molar-refractivity contribution in [3.05, 3.63) is 47.6 Å². The topological polar surface area (TPSA) is 104 Å². The van der Waals surface area contributed by atoms with Crippen LogP contribution in [0.25, 0.3) is 0 Å². The average molecular weight is 549 g/mol. The van der Waals surface area contributed by atoms with Crippen LogP contribution >= 0.6 is 0 Å². The molecule has 2 fully saturated rings. The first kappa shape index (κ1) is 30.7. The van der Waals surface area contributed by atoms with Crippen LogP contribution in [0, 0.1) is 28.6 Å². The molecular weight excluding hydrogens is 500 g/mol. The quantitative estimate of drug-likeness (QED) is 0.148. The van der Waals surface area contributed by atoms with E-state index in [4.69, 9.17) is 4.18 Å². The van der Waals surface area contributed by atoms with Crippen LogP contribution in [0.15, 0.2) is 42.0 Å². The second-order valence-corrected chi connectivity index (χ2v) is 13.9. The molecular formula is C31H48O6S. The third-order valence-corrected chi connectivity index (χ3v) is 10.1. The zero-order valence-electron chi connectivity index (χ0n) is 23.9. The fourth-order valence-electron chi connectivity index (χ4n) is 7.48. The van der Waals surface area contributed by atoms with Crippen molar-refractivity contribution in [3.8, 4) is 11.5 Å². The van der Waals surface area contributed by atoms with Crippen LogP contribution < -0.4 is 0 Å². The van der Waals surface area contributed by atoms with Crippen molar-refractivity contribution in [2.24, 2.45) is 28.6 Å². The minimum atomic E-state index is -4.58. The molecule has 3 N–H and O–H groups in total. The van der Waals surface area contributed by atoms with Gasteiger partial charge in [-0.3, -0.25) is 4.55 Å². The summed E-state index contributed by atoms with van der Waals surface area (Å²) in [4.78, 5) is 0. The molecule has 0 radical (unpaired) electrons. The first-order chi connectivity index (χ1) is 17.6. The fourth-order valence-corrected chi connectivity index (χ4v) is 8.06. The van der Waals surface area contributed by atoms with Crippen LogP contribution in [0.5, 0.6) is 11.5 Å². The van der Waals surface area contributed by atoms with Gasteiger partial charge in [0, 0.05) is 5.56 Å². The molecule has 0 heterocycles. The largest absolute Gasteiger partial charge is 0.508 e. The molecule has 5 atom stereocenters. The van der Waals surface area contributed by atoms with Crippen molar-refractivity contribution in [2.75, 3.05) is 0 Å². The monoisotopic (exact) mass is 548 g/mol. The molecule has 38 heavy (non-hydrogen) atoms. The van der Waals surface area contributed by atoms with Gasteiger partial charge < -0.3 is 10.2 Å². The normalized spacial score (nSPS) is 27.5.